The predicted molar refractivity (Wildman–Crippen MR) is 73.6 cm³/mol. The van der Waals surface area contributed by atoms with Crippen molar-refractivity contribution in [2.75, 3.05) is 13.1 Å². The summed E-state index contributed by atoms with van der Waals surface area (Å²) in [7, 11) is 0. The molecular formula is C15H20F2N2O. The SMILES string of the molecule is CC(C)N1CCC(C)(NC(=O)c2c(F)cccc2F)C1. The second-order valence-corrected chi connectivity index (χ2v) is 5.93. The molecule has 5 heteroatoms. The fourth-order valence-electron chi connectivity index (χ4n) is 2.59. The molecule has 1 fully saturated rings. The summed E-state index contributed by atoms with van der Waals surface area (Å²) in [6, 6.07) is 3.82. The van der Waals surface area contributed by atoms with Gasteiger partial charge in [0.25, 0.3) is 5.91 Å². The monoisotopic (exact) mass is 282 g/mol. The molecule has 110 valence electrons. The Morgan fingerprint density at radius 3 is 2.45 bits per heavy atom. The van der Waals surface area contributed by atoms with Crippen molar-refractivity contribution in [2.24, 2.45) is 0 Å². The Hall–Kier alpha value is -1.49. The van der Waals surface area contributed by atoms with E-state index in [2.05, 4.69) is 24.1 Å². The fraction of sp³-hybridized carbons (Fsp3) is 0.533. The molecule has 0 aromatic heterocycles. The van der Waals surface area contributed by atoms with Crippen molar-refractivity contribution in [1.82, 2.24) is 10.2 Å². The van der Waals surface area contributed by atoms with Gasteiger partial charge >= 0.3 is 0 Å². The highest BCUT2D eigenvalue weighted by Crippen LogP contribution is 2.23. The Morgan fingerprint density at radius 2 is 1.95 bits per heavy atom. The number of hydrogen-bond donors (Lipinski definition) is 1. The molecule has 1 atom stereocenters. The lowest BCUT2D eigenvalue weighted by Gasteiger charge is -2.28. The van der Waals surface area contributed by atoms with E-state index in [1.165, 1.54) is 6.07 Å². The van der Waals surface area contributed by atoms with Crippen LogP contribution in [0.2, 0.25) is 0 Å². The Morgan fingerprint density at radius 1 is 1.35 bits per heavy atom. The number of rotatable bonds is 3. The molecule has 0 radical (unpaired) electrons. The zero-order valence-corrected chi connectivity index (χ0v) is 12.0. The van der Waals surface area contributed by atoms with E-state index < -0.39 is 28.6 Å². The smallest absolute Gasteiger partial charge is 0.257 e. The van der Waals surface area contributed by atoms with Gasteiger partial charge in [0.15, 0.2) is 0 Å². The minimum atomic E-state index is -0.829. The van der Waals surface area contributed by atoms with E-state index in [0.717, 1.165) is 25.1 Å². The van der Waals surface area contributed by atoms with Gasteiger partial charge in [-0.25, -0.2) is 8.78 Å². The quantitative estimate of drug-likeness (QED) is 0.924. The van der Waals surface area contributed by atoms with Gasteiger partial charge in [0.1, 0.15) is 17.2 Å². The molecule has 1 amide bonds. The van der Waals surface area contributed by atoms with Crippen molar-refractivity contribution in [3.8, 4) is 0 Å². The third-order valence-electron chi connectivity index (χ3n) is 3.84. The van der Waals surface area contributed by atoms with Gasteiger partial charge in [-0.3, -0.25) is 9.69 Å². The second kappa shape index (κ2) is 5.48. The lowest BCUT2D eigenvalue weighted by atomic mass is 10.0. The third kappa shape index (κ3) is 2.98. The molecular weight excluding hydrogens is 262 g/mol. The van der Waals surface area contributed by atoms with Crippen LogP contribution in [-0.2, 0) is 0 Å². The topological polar surface area (TPSA) is 32.3 Å². The number of amides is 1. The standard InChI is InChI=1S/C15H20F2N2O/c1-10(2)19-8-7-15(3,9-19)18-14(20)13-11(16)5-4-6-12(13)17/h4-6,10H,7-9H2,1-3H3,(H,18,20). The van der Waals surface area contributed by atoms with Gasteiger partial charge in [0, 0.05) is 19.1 Å². The summed E-state index contributed by atoms with van der Waals surface area (Å²) in [6.45, 7) is 7.64. The molecule has 1 aliphatic rings. The van der Waals surface area contributed by atoms with Crippen LogP contribution in [0.5, 0.6) is 0 Å². The van der Waals surface area contributed by atoms with Gasteiger partial charge in [-0.1, -0.05) is 6.07 Å². The Bertz CT molecular complexity index is 498. The van der Waals surface area contributed by atoms with Gasteiger partial charge in [-0.2, -0.15) is 0 Å². The van der Waals surface area contributed by atoms with Crippen molar-refractivity contribution in [3.63, 3.8) is 0 Å². The van der Waals surface area contributed by atoms with Gasteiger partial charge in [-0.15, -0.1) is 0 Å². The van der Waals surface area contributed by atoms with Crippen LogP contribution in [0.3, 0.4) is 0 Å². The maximum absolute atomic E-state index is 13.6. The molecule has 1 unspecified atom stereocenters. The molecule has 3 nitrogen and oxygen atoms in total. The molecule has 1 aliphatic heterocycles. The fourth-order valence-corrected chi connectivity index (χ4v) is 2.59. The van der Waals surface area contributed by atoms with Crippen molar-refractivity contribution in [3.05, 3.63) is 35.4 Å². The molecule has 0 saturated carbocycles. The van der Waals surface area contributed by atoms with Crippen LogP contribution < -0.4 is 5.32 Å². The maximum Gasteiger partial charge on any atom is 0.257 e. The third-order valence-corrected chi connectivity index (χ3v) is 3.84. The molecule has 0 spiro atoms. The van der Waals surface area contributed by atoms with E-state index >= 15 is 0 Å². The molecule has 0 bridgehead atoms. The van der Waals surface area contributed by atoms with Crippen molar-refractivity contribution >= 4 is 5.91 Å². The predicted octanol–water partition coefficient (Wildman–Crippen LogP) is 2.57. The van der Waals surface area contributed by atoms with Gasteiger partial charge < -0.3 is 5.32 Å². The number of hydrogen-bond acceptors (Lipinski definition) is 2. The second-order valence-electron chi connectivity index (χ2n) is 5.93. The molecule has 1 saturated heterocycles. The van der Waals surface area contributed by atoms with Crippen LogP contribution in [-0.4, -0.2) is 35.5 Å². The van der Waals surface area contributed by atoms with Crippen LogP contribution in [0.4, 0.5) is 8.78 Å². The summed E-state index contributed by atoms with van der Waals surface area (Å²) in [5.41, 5.74) is -0.951. The zero-order chi connectivity index (χ0) is 14.9. The van der Waals surface area contributed by atoms with Crippen LogP contribution >= 0.6 is 0 Å². The molecule has 1 N–H and O–H groups in total. The molecule has 1 aromatic carbocycles. The summed E-state index contributed by atoms with van der Waals surface area (Å²) in [5.74, 6) is -2.34. The van der Waals surface area contributed by atoms with E-state index in [-0.39, 0.29) is 0 Å². The first-order valence-corrected chi connectivity index (χ1v) is 6.83. The molecule has 2 rings (SSSR count). The number of carbonyl (C=O) groups excluding carboxylic acids is 1. The summed E-state index contributed by atoms with van der Waals surface area (Å²) in [6.07, 6.45) is 0.771. The average Bonchev–Trinajstić information content (AvgIpc) is 2.71. The highest BCUT2D eigenvalue weighted by Gasteiger charge is 2.36. The number of benzene rings is 1. The molecule has 20 heavy (non-hydrogen) atoms. The average molecular weight is 282 g/mol. The highest BCUT2D eigenvalue weighted by atomic mass is 19.1. The van der Waals surface area contributed by atoms with Crippen LogP contribution in [0.25, 0.3) is 0 Å². The minimum Gasteiger partial charge on any atom is -0.345 e. The summed E-state index contributed by atoms with van der Waals surface area (Å²) in [4.78, 5) is 14.3. The number of carbonyl (C=O) groups is 1. The van der Waals surface area contributed by atoms with Crippen LogP contribution in [0.15, 0.2) is 18.2 Å². The maximum atomic E-state index is 13.6. The van der Waals surface area contributed by atoms with E-state index in [4.69, 9.17) is 0 Å². The number of nitrogens with zero attached hydrogens (tertiary/aromatic N) is 1. The highest BCUT2D eigenvalue weighted by molar-refractivity contribution is 5.95. The van der Waals surface area contributed by atoms with Gasteiger partial charge in [-0.05, 0) is 39.3 Å². The summed E-state index contributed by atoms with van der Waals surface area (Å²) < 4.78 is 27.2. The lowest BCUT2D eigenvalue weighted by molar-refractivity contribution is 0.0897. The molecule has 1 heterocycles. The number of halogens is 2. The Kier molecular flexibility index (Phi) is 4.09. The normalized spacial score (nSPS) is 23.3. The first-order valence-electron chi connectivity index (χ1n) is 6.83. The molecule has 0 aliphatic carbocycles. The number of nitrogens with one attached hydrogen (secondary N) is 1. The lowest BCUT2D eigenvalue weighted by Crippen LogP contribution is -2.49. The summed E-state index contributed by atoms with van der Waals surface area (Å²) in [5, 5.41) is 2.78. The van der Waals surface area contributed by atoms with Crippen molar-refractivity contribution in [2.45, 2.75) is 38.8 Å². The minimum absolute atomic E-state index is 0.388. The van der Waals surface area contributed by atoms with E-state index in [1.54, 1.807) is 0 Å². The van der Waals surface area contributed by atoms with E-state index in [1.807, 2.05) is 6.92 Å². The first-order chi connectivity index (χ1) is 9.32. The van der Waals surface area contributed by atoms with E-state index in [9.17, 15) is 13.6 Å². The van der Waals surface area contributed by atoms with Gasteiger partial charge in [0.05, 0.1) is 5.54 Å². The largest absolute Gasteiger partial charge is 0.345 e. The van der Waals surface area contributed by atoms with Crippen LogP contribution in [0.1, 0.15) is 37.6 Å². The molecule has 1 aromatic rings. The van der Waals surface area contributed by atoms with Crippen molar-refractivity contribution in [1.29, 1.82) is 0 Å². The summed E-state index contributed by atoms with van der Waals surface area (Å²) >= 11 is 0. The van der Waals surface area contributed by atoms with E-state index in [0.29, 0.717) is 12.6 Å². The van der Waals surface area contributed by atoms with Crippen molar-refractivity contribution < 1.29 is 13.6 Å². The first kappa shape index (κ1) is 14.9. The Labute approximate surface area is 118 Å². The Balaban J connectivity index is 2.13. The number of likely N-dealkylation sites (tertiary alicyclic amines) is 1. The zero-order valence-electron chi connectivity index (χ0n) is 12.0. The van der Waals surface area contributed by atoms with Gasteiger partial charge in [0.2, 0.25) is 0 Å². The van der Waals surface area contributed by atoms with Crippen LogP contribution in [0, 0.1) is 11.6 Å².